The van der Waals surface area contributed by atoms with E-state index in [1.807, 2.05) is 51.2 Å². The van der Waals surface area contributed by atoms with E-state index >= 15 is 0 Å². The molecule has 0 radical (unpaired) electrons. The molecule has 3 N–H and O–H groups in total. The van der Waals surface area contributed by atoms with E-state index in [1.165, 1.54) is 28.3 Å². The first kappa shape index (κ1) is 25.2. The molecule has 0 spiro atoms. The van der Waals surface area contributed by atoms with Gasteiger partial charge >= 0.3 is 5.69 Å². The second-order valence-corrected chi connectivity index (χ2v) is 9.00. The number of rotatable bonds is 10. The van der Waals surface area contributed by atoms with E-state index in [0.29, 0.717) is 17.5 Å². The summed E-state index contributed by atoms with van der Waals surface area (Å²) in [6, 6.07) is 9.60. The highest BCUT2D eigenvalue weighted by Crippen LogP contribution is 2.24. The molecular formula is C22H29N7O4S. The Hall–Kier alpha value is -3.38. The Kier molecular flexibility index (Phi) is 8.29. The van der Waals surface area contributed by atoms with Crippen LogP contribution in [0.3, 0.4) is 0 Å². The van der Waals surface area contributed by atoms with Gasteiger partial charge in [0.25, 0.3) is 5.56 Å². The summed E-state index contributed by atoms with van der Waals surface area (Å²) in [5, 5.41) is 8.97. The fourth-order valence-corrected chi connectivity index (χ4v) is 4.20. The number of benzene rings is 1. The van der Waals surface area contributed by atoms with E-state index in [1.54, 1.807) is 4.57 Å². The van der Waals surface area contributed by atoms with Crippen molar-refractivity contribution in [2.75, 3.05) is 36.6 Å². The average Bonchev–Trinajstić information content (AvgIpc) is 3.17. The molecule has 0 fully saturated rings. The zero-order valence-electron chi connectivity index (χ0n) is 19.6. The van der Waals surface area contributed by atoms with Crippen LogP contribution in [0, 0.1) is 5.92 Å². The number of nitrogen functional groups attached to an aromatic ring is 1. The Balaban J connectivity index is 1.87. The van der Waals surface area contributed by atoms with Crippen molar-refractivity contribution in [3.63, 3.8) is 0 Å². The van der Waals surface area contributed by atoms with E-state index < -0.39 is 11.2 Å². The van der Waals surface area contributed by atoms with Gasteiger partial charge in [-0.05, 0) is 5.92 Å². The SMILES string of the molecule is COCCN(C(=O)CSc1nnc(-c2ccccc2)n1C)c1c(N)n(CC(C)C)c(=O)[nH]c1=O. The molecule has 0 saturated heterocycles. The van der Waals surface area contributed by atoms with Crippen LogP contribution in [0.1, 0.15) is 13.8 Å². The third-order valence-corrected chi connectivity index (χ3v) is 6.05. The molecule has 0 aliphatic heterocycles. The number of hydrogen-bond acceptors (Lipinski definition) is 8. The number of amides is 1. The lowest BCUT2D eigenvalue weighted by atomic mass is 10.2. The number of aromatic amines is 1. The normalized spacial score (nSPS) is 11.2. The van der Waals surface area contributed by atoms with Crippen LogP contribution in [0.4, 0.5) is 11.5 Å². The number of aromatic nitrogens is 5. The van der Waals surface area contributed by atoms with Crippen molar-refractivity contribution in [2.45, 2.75) is 25.5 Å². The van der Waals surface area contributed by atoms with Crippen LogP contribution in [0.15, 0.2) is 45.1 Å². The lowest BCUT2D eigenvalue weighted by molar-refractivity contribution is -0.116. The van der Waals surface area contributed by atoms with E-state index in [9.17, 15) is 14.4 Å². The van der Waals surface area contributed by atoms with Gasteiger partial charge in [0.2, 0.25) is 5.91 Å². The van der Waals surface area contributed by atoms with Crippen LogP contribution in [-0.4, -0.2) is 56.2 Å². The Bertz CT molecular complexity index is 1250. The minimum Gasteiger partial charge on any atom is -0.383 e. The van der Waals surface area contributed by atoms with Gasteiger partial charge in [-0.3, -0.25) is 19.1 Å². The molecular weight excluding hydrogens is 458 g/mol. The molecule has 0 bridgehead atoms. The maximum Gasteiger partial charge on any atom is 0.330 e. The number of carbonyl (C=O) groups is 1. The van der Waals surface area contributed by atoms with Gasteiger partial charge in [0.15, 0.2) is 16.7 Å². The first-order valence-electron chi connectivity index (χ1n) is 10.7. The molecule has 1 aromatic carbocycles. The van der Waals surface area contributed by atoms with Crippen LogP contribution in [0.2, 0.25) is 0 Å². The summed E-state index contributed by atoms with van der Waals surface area (Å²) >= 11 is 1.19. The molecule has 2 aromatic heterocycles. The molecule has 182 valence electrons. The van der Waals surface area contributed by atoms with E-state index in [-0.39, 0.29) is 42.2 Å². The summed E-state index contributed by atoms with van der Waals surface area (Å²) in [5.74, 6) is 0.327. The van der Waals surface area contributed by atoms with Gasteiger partial charge in [0, 0.05) is 32.8 Å². The number of methoxy groups -OCH3 is 1. The number of nitrogens with one attached hydrogen (secondary N) is 1. The van der Waals surface area contributed by atoms with Crippen LogP contribution < -0.4 is 21.9 Å². The summed E-state index contributed by atoms with van der Waals surface area (Å²) in [6.45, 7) is 4.42. The van der Waals surface area contributed by atoms with E-state index in [0.717, 1.165) is 5.56 Å². The molecule has 0 atom stereocenters. The van der Waals surface area contributed by atoms with Crippen molar-refractivity contribution in [1.82, 2.24) is 24.3 Å². The first-order valence-corrected chi connectivity index (χ1v) is 11.7. The Labute approximate surface area is 200 Å². The molecule has 2 heterocycles. The molecule has 1 amide bonds. The Morgan fingerprint density at radius 1 is 1.24 bits per heavy atom. The van der Waals surface area contributed by atoms with Crippen molar-refractivity contribution in [3.05, 3.63) is 51.2 Å². The smallest absolute Gasteiger partial charge is 0.330 e. The van der Waals surface area contributed by atoms with Crippen molar-refractivity contribution >= 4 is 29.2 Å². The highest BCUT2D eigenvalue weighted by Gasteiger charge is 2.25. The number of nitrogens with zero attached hydrogens (tertiary/aromatic N) is 5. The van der Waals surface area contributed by atoms with Crippen LogP contribution in [-0.2, 0) is 23.1 Å². The zero-order chi connectivity index (χ0) is 24.8. The van der Waals surface area contributed by atoms with Gasteiger partial charge in [0.1, 0.15) is 5.82 Å². The second kappa shape index (κ2) is 11.2. The summed E-state index contributed by atoms with van der Waals surface area (Å²) in [4.78, 5) is 41.7. The fourth-order valence-electron chi connectivity index (χ4n) is 3.41. The van der Waals surface area contributed by atoms with E-state index in [4.69, 9.17) is 10.5 Å². The quantitative estimate of drug-likeness (QED) is 0.408. The molecule has 3 rings (SSSR count). The topological polar surface area (TPSA) is 141 Å². The third kappa shape index (κ3) is 5.57. The predicted molar refractivity (Wildman–Crippen MR) is 132 cm³/mol. The summed E-state index contributed by atoms with van der Waals surface area (Å²) in [7, 11) is 3.32. The maximum absolute atomic E-state index is 13.2. The molecule has 11 nitrogen and oxygen atoms in total. The molecule has 34 heavy (non-hydrogen) atoms. The second-order valence-electron chi connectivity index (χ2n) is 8.06. The molecule has 0 aliphatic carbocycles. The Morgan fingerprint density at radius 3 is 2.59 bits per heavy atom. The lowest BCUT2D eigenvalue weighted by Gasteiger charge is -2.24. The summed E-state index contributed by atoms with van der Waals surface area (Å²) < 4.78 is 8.20. The number of hydrogen-bond donors (Lipinski definition) is 2. The number of anilines is 2. The first-order chi connectivity index (χ1) is 16.2. The molecule has 0 unspecified atom stereocenters. The maximum atomic E-state index is 13.2. The molecule has 3 aromatic rings. The molecule has 12 heteroatoms. The van der Waals surface area contributed by atoms with Gasteiger partial charge in [-0.25, -0.2) is 4.79 Å². The summed E-state index contributed by atoms with van der Waals surface area (Å²) in [6.07, 6.45) is 0. The number of carbonyl (C=O) groups excluding carboxylic acids is 1. The average molecular weight is 488 g/mol. The highest BCUT2D eigenvalue weighted by molar-refractivity contribution is 7.99. The standard InChI is InChI=1S/C22H29N7O4S/c1-14(2)12-29-18(23)17(20(31)24-21(29)32)28(10-11-33-4)16(30)13-34-22-26-25-19(27(22)3)15-8-6-5-7-9-15/h5-9,14H,10-13,23H2,1-4H3,(H,24,31,32). The van der Waals surface area contributed by atoms with Gasteiger partial charge in [-0.15, -0.1) is 10.2 Å². The third-order valence-electron chi connectivity index (χ3n) is 5.04. The fraction of sp³-hybridized carbons (Fsp3) is 0.409. The van der Waals surface area contributed by atoms with Crippen molar-refractivity contribution < 1.29 is 9.53 Å². The summed E-state index contributed by atoms with van der Waals surface area (Å²) in [5.41, 5.74) is 5.73. The zero-order valence-corrected chi connectivity index (χ0v) is 20.5. The lowest BCUT2D eigenvalue weighted by Crippen LogP contribution is -2.43. The van der Waals surface area contributed by atoms with E-state index in [2.05, 4.69) is 15.2 Å². The number of H-pyrrole nitrogens is 1. The minimum absolute atomic E-state index is 0.0212. The van der Waals surface area contributed by atoms with Gasteiger partial charge < -0.3 is 19.9 Å². The van der Waals surface area contributed by atoms with Gasteiger partial charge in [-0.2, -0.15) is 0 Å². The predicted octanol–water partition coefficient (Wildman–Crippen LogP) is 1.34. The van der Waals surface area contributed by atoms with Crippen molar-refractivity contribution in [1.29, 1.82) is 0 Å². The molecule has 0 aliphatic rings. The van der Waals surface area contributed by atoms with Gasteiger partial charge in [0.05, 0.1) is 12.4 Å². The van der Waals surface area contributed by atoms with Crippen molar-refractivity contribution in [2.24, 2.45) is 13.0 Å². The number of thioether (sulfide) groups is 1. The molecule has 0 saturated carbocycles. The Morgan fingerprint density at radius 2 is 1.94 bits per heavy atom. The van der Waals surface area contributed by atoms with Crippen LogP contribution in [0.25, 0.3) is 11.4 Å². The number of nitrogens with two attached hydrogens (primary N) is 1. The van der Waals surface area contributed by atoms with Crippen LogP contribution in [0.5, 0.6) is 0 Å². The van der Waals surface area contributed by atoms with Crippen LogP contribution >= 0.6 is 11.8 Å². The van der Waals surface area contributed by atoms with Crippen molar-refractivity contribution in [3.8, 4) is 11.4 Å². The largest absolute Gasteiger partial charge is 0.383 e. The highest BCUT2D eigenvalue weighted by atomic mass is 32.2. The van der Waals surface area contributed by atoms with Gasteiger partial charge in [-0.1, -0.05) is 55.9 Å². The number of ether oxygens (including phenoxy) is 1. The minimum atomic E-state index is -0.720. The monoisotopic (exact) mass is 487 g/mol.